The zero-order chi connectivity index (χ0) is 10.7. The van der Waals surface area contributed by atoms with Crippen molar-refractivity contribution in [3.05, 3.63) is 15.5 Å². The summed E-state index contributed by atoms with van der Waals surface area (Å²) in [6.45, 7) is 1.83. The highest BCUT2D eigenvalue weighted by Gasteiger charge is 2.05. The van der Waals surface area contributed by atoms with E-state index in [1.807, 2.05) is 25.9 Å². The summed E-state index contributed by atoms with van der Waals surface area (Å²) in [4.78, 5) is 14.2. The van der Waals surface area contributed by atoms with Gasteiger partial charge in [0.2, 0.25) is 0 Å². The highest BCUT2D eigenvalue weighted by molar-refractivity contribution is 9.10. The Morgan fingerprint density at radius 2 is 2.07 bits per heavy atom. The molecule has 0 aromatic carbocycles. The molecule has 0 unspecified atom stereocenters. The maximum atomic E-state index is 5.79. The van der Waals surface area contributed by atoms with Gasteiger partial charge in [0.1, 0.15) is 4.60 Å². The van der Waals surface area contributed by atoms with Crippen LogP contribution in [0.1, 0.15) is 5.69 Å². The average molecular weight is 278 g/mol. The second-order valence-corrected chi connectivity index (χ2v) is 4.03. The van der Waals surface area contributed by atoms with Crippen LogP contribution in [0.15, 0.2) is 9.60 Å². The lowest BCUT2D eigenvalue weighted by Crippen LogP contribution is -2.07. The van der Waals surface area contributed by atoms with E-state index in [1.54, 1.807) is 6.34 Å². The van der Waals surface area contributed by atoms with Gasteiger partial charge in [-0.3, -0.25) is 0 Å². The standard InChI is InChI=1S/C8H10BrClN4/c1-5-8(11-4-14(2)3)13-7(10)6(9)12-5/h4H,1-3H3/b11-4+. The molecule has 0 N–H and O–H groups in total. The Morgan fingerprint density at radius 3 is 2.64 bits per heavy atom. The van der Waals surface area contributed by atoms with Gasteiger partial charge in [-0.2, -0.15) is 0 Å². The third kappa shape index (κ3) is 2.92. The summed E-state index contributed by atoms with van der Waals surface area (Å²) in [5.41, 5.74) is 0.736. The Labute approximate surface area is 96.2 Å². The van der Waals surface area contributed by atoms with Crippen molar-refractivity contribution >= 4 is 39.7 Å². The van der Waals surface area contributed by atoms with Crippen LogP contribution in [0, 0.1) is 6.92 Å². The van der Waals surface area contributed by atoms with Gasteiger partial charge in [0.25, 0.3) is 0 Å². The predicted octanol–water partition coefficient (Wildman–Crippen LogP) is 2.42. The minimum atomic E-state index is 0.321. The van der Waals surface area contributed by atoms with Gasteiger partial charge in [0.05, 0.1) is 12.0 Å². The number of rotatable bonds is 2. The molecule has 0 saturated carbocycles. The van der Waals surface area contributed by atoms with Crippen LogP contribution in [0.3, 0.4) is 0 Å². The van der Waals surface area contributed by atoms with Crippen LogP contribution in [-0.4, -0.2) is 35.3 Å². The molecule has 0 amide bonds. The van der Waals surface area contributed by atoms with Crippen molar-refractivity contribution in [3.63, 3.8) is 0 Å². The lowest BCUT2D eigenvalue weighted by atomic mass is 10.4. The fraction of sp³-hybridized carbons (Fsp3) is 0.375. The largest absolute Gasteiger partial charge is 0.369 e. The van der Waals surface area contributed by atoms with E-state index in [-0.39, 0.29) is 0 Å². The smallest absolute Gasteiger partial charge is 0.176 e. The fourth-order valence-electron chi connectivity index (χ4n) is 0.756. The molecule has 0 saturated heterocycles. The van der Waals surface area contributed by atoms with Crippen molar-refractivity contribution in [2.75, 3.05) is 14.1 Å². The zero-order valence-electron chi connectivity index (χ0n) is 8.12. The highest BCUT2D eigenvalue weighted by Crippen LogP contribution is 2.23. The van der Waals surface area contributed by atoms with Gasteiger partial charge in [-0.25, -0.2) is 15.0 Å². The van der Waals surface area contributed by atoms with Gasteiger partial charge < -0.3 is 4.90 Å². The van der Waals surface area contributed by atoms with Crippen LogP contribution in [0.25, 0.3) is 0 Å². The van der Waals surface area contributed by atoms with Crippen molar-refractivity contribution in [2.45, 2.75) is 6.92 Å². The average Bonchev–Trinajstić information content (AvgIpc) is 2.09. The Bertz CT molecular complexity index is 365. The molecule has 1 rings (SSSR count). The molecule has 1 aromatic heterocycles. The van der Waals surface area contributed by atoms with Crippen molar-refractivity contribution in [3.8, 4) is 0 Å². The third-order valence-electron chi connectivity index (χ3n) is 1.37. The van der Waals surface area contributed by atoms with Crippen LogP contribution < -0.4 is 0 Å². The van der Waals surface area contributed by atoms with Gasteiger partial charge in [-0.05, 0) is 22.9 Å². The molecule has 0 bridgehead atoms. The summed E-state index contributed by atoms with van der Waals surface area (Å²) < 4.78 is 0.542. The molecule has 0 spiro atoms. The van der Waals surface area contributed by atoms with Crippen molar-refractivity contribution < 1.29 is 0 Å². The van der Waals surface area contributed by atoms with Gasteiger partial charge in [-0.15, -0.1) is 0 Å². The molecule has 4 nitrogen and oxygen atoms in total. The second kappa shape index (κ2) is 4.70. The Morgan fingerprint density at radius 1 is 1.43 bits per heavy atom. The minimum absolute atomic E-state index is 0.321. The van der Waals surface area contributed by atoms with Gasteiger partial charge in [-0.1, -0.05) is 11.6 Å². The summed E-state index contributed by atoms with van der Waals surface area (Å²) in [7, 11) is 3.76. The van der Waals surface area contributed by atoms with E-state index < -0.39 is 0 Å². The molecule has 0 aliphatic rings. The van der Waals surface area contributed by atoms with E-state index >= 15 is 0 Å². The van der Waals surface area contributed by atoms with Crippen LogP contribution in [0.2, 0.25) is 5.15 Å². The molecule has 0 aliphatic heterocycles. The lowest BCUT2D eigenvalue weighted by molar-refractivity contribution is 0.643. The molecule has 0 fully saturated rings. The van der Waals surface area contributed by atoms with Gasteiger partial charge in [0, 0.05) is 14.1 Å². The molecular formula is C8H10BrClN4. The van der Waals surface area contributed by atoms with E-state index in [0.29, 0.717) is 15.6 Å². The molecule has 6 heteroatoms. The first-order chi connectivity index (χ1) is 6.50. The predicted molar refractivity (Wildman–Crippen MR) is 61.3 cm³/mol. The number of aliphatic imine (C=N–C) groups is 1. The normalized spacial score (nSPS) is 10.9. The second-order valence-electron chi connectivity index (χ2n) is 2.92. The van der Waals surface area contributed by atoms with E-state index in [2.05, 4.69) is 30.9 Å². The Hall–Kier alpha value is -0.680. The number of aryl methyl sites for hydroxylation is 1. The lowest BCUT2D eigenvalue weighted by Gasteiger charge is -2.04. The first-order valence-corrected chi connectivity index (χ1v) is 5.08. The molecular weight excluding hydrogens is 267 g/mol. The topological polar surface area (TPSA) is 41.4 Å². The van der Waals surface area contributed by atoms with Crippen molar-refractivity contribution in [2.24, 2.45) is 4.99 Å². The minimum Gasteiger partial charge on any atom is -0.369 e. The maximum absolute atomic E-state index is 5.79. The first kappa shape index (κ1) is 11.4. The van der Waals surface area contributed by atoms with E-state index in [0.717, 1.165) is 5.69 Å². The van der Waals surface area contributed by atoms with Crippen LogP contribution in [0.5, 0.6) is 0 Å². The van der Waals surface area contributed by atoms with E-state index in [9.17, 15) is 0 Å². The number of aromatic nitrogens is 2. The number of hydrogen-bond acceptors (Lipinski definition) is 3. The summed E-state index contributed by atoms with van der Waals surface area (Å²) in [6, 6.07) is 0. The molecule has 14 heavy (non-hydrogen) atoms. The number of nitrogens with zero attached hydrogens (tertiary/aromatic N) is 4. The third-order valence-corrected chi connectivity index (χ3v) is 2.42. The van der Waals surface area contributed by atoms with Crippen molar-refractivity contribution in [1.29, 1.82) is 0 Å². The zero-order valence-corrected chi connectivity index (χ0v) is 10.5. The van der Waals surface area contributed by atoms with Crippen LogP contribution >= 0.6 is 27.5 Å². The summed E-state index contributed by atoms with van der Waals surface area (Å²) in [6.07, 6.45) is 1.65. The number of hydrogen-bond donors (Lipinski definition) is 0. The first-order valence-electron chi connectivity index (χ1n) is 3.91. The fourth-order valence-corrected chi connectivity index (χ4v) is 1.23. The molecule has 1 aromatic rings. The Balaban J connectivity index is 3.04. The molecule has 0 radical (unpaired) electrons. The molecule has 0 aliphatic carbocycles. The maximum Gasteiger partial charge on any atom is 0.176 e. The number of halogens is 2. The van der Waals surface area contributed by atoms with Crippen LogP contribution in [0.4, 0.5) is 5.82 Å². The van der Waals surface area contributed by atoms with E-state index in [4.69, 9.17) is 11.6 Å². The van der Waals surface area contributed by atoms with Crippen LogP contribution in [-0.2, 0) is 0 Å². The quantitative estimate of drug-likeness (QED) is 0.616. The molecule has 1 heterocycles. The Kier molecular flexibility index (Phi) is 3.83. The molecule has 0 atom stereocenters. The van der Waals surface area contributed by atoms with Gasteiger partial charge >= 0.3 is 0 Å². The van der Waals surface area contributed by atoms with Gasteiger partial charge in [0.15, 0.2) is 11.0 Å². The monoisotopic (exact) mass is 276 g/mol. The van der Waals surface area contributed by atoms with E-state index in [1.165, 1.54) is 0 Å². The highest BCUT2D eigenvalue weighted by atomic mass is 79.9. The SMILES string of the molecule is Cc1nc(Br)c(Cl)nc1/N=C/N(C)C. The summed E-state index contributed by atoms with van der Waals surface area (Å²) in [5, 5.41) is 0.321. The summed E-state index contributed by atoms with van der Waals surface area (Å²) >= 11 is 8.99. The summed E-state index contributed by atoms with van der Waals surface area (Å²) in [5.74, 6) is 0.534. The van der Waals surface area contributed by atoms with Crippen molar-refractivity contribution in [1.82, 2.24) is 14.9 Å². The molecule has 76 valence electrons.